The molecule has 0 amide bonds. The van der Waals surface area contributed by atoms with Crippen molar-refractivity contribution < 1.29 is 23.9 Å². The van der Waals surface area contributed by atoms with Crippen LogP contribution in [-0.4, -0.2) is 44.0 Å². The molecule has 0 aliphatic carbocycles. The van der Waals surface area contributed by atoms with Crippen molar-refractivity contribution in [2.45, 2.75) is 78.0 Å². The van der Waals surface area contributed by atoms with E-state index in [1.165, 1.54) is 6.92 Å². The highest BCUT2D eigenvalue weighted by atomic mass is 28.3. The minimum Gasteiger partial charge on any atom is -0.462 e. The summed E-state index contributed by atoms with van der Waals surface area (Å²) >= 11 is 0. The van der Waals surface area contributed by atoms with Crippen molar-refractivity contribution >= 4 is 25.8 Å². The average molecular weight is 422 g/mol. The van der Waals surface area contributed by atoms with Gasteiger partial charge in [-0.05, 0) is 51.4 Å². The van der Waals surface area contributed by atoms with Crippen LogP contribution in [0.2, 0.25) is 25.7 Å². The molecular weight excluding hydrogens is 386 g/mol. The lowest BCUT2D eigenvalue weighted by atomic mass is 10.1. The number of carbonyl (C=O) groups excluding carboxylic acids is 3. The number of rotatable bonds is 10. The van der Waals surface area contributed by atoms with Gasteiger partial charge in [0.05, 0.1) is 12.2 Å². The summed E-state index contributed by atoms with van der Waals surface area (Å²) in [7, 11) is -1.26. The first kappa shape index (κ1) is 25.0. The summed E-state index contributed by atoms with van der Waals surface area (Å²) in [6.07, 6.45) is 0.0489. The number of benzene rings is 1. The van der Waals surface area contributed by atoms with Gasteiger partial charge in [0.25, 0.3) is 0 Å². The second kappa shape index (κ2) is 10.7. The molecule has 29 heavy (non-hydrogen) atoms. The lowest BCUT2D eigenvalue weighted by Crippen LogP contribution is -2.42. The topological polar surface area (TPSA) is 81.7 Å². The molecule has 0 heterocycles. The first-order chi connectivity index (χ1) is 13.3. The molecule has 0 aliphatic rings. The Morgan fingerprint density at radius 1 is 1.14 bits per heavy atom. The van der Waals surface area contributed by atoms with E-state index in [1.807, 2.05) is 6.07 Å². The zero-order chi connectivity index (χ0) is 22.2. The van der Waals surface area contributed by atoms with Gasteiger partial charge in [-0.15, -0.1) is 0 Å². The van der Waals surface area contributed by atoms with Crippen LogP contribution < -0.4 is 5.32 Å². The van der Waals surface area contributed by atoms with Crippen molar-refractivity contribution in [2.24, 2.45) is 0 Å². The highest BCUT2D eigenvalue weighted by molar-refractivity contribution is 6.76. The van der Waals surface area contributed by atoms with E-state index >= 15 is 0 Å². The van der Waals surface area contributed by atoms with E-state index in [-0.39, 0.29) is 18.2 Å². The molecule has 0 spiro atoms. The van der Waals surface area contributed by atoms with Crippen LogP contribution in [0.15, 0.2) is 24.3 Å². The van der Waals surface area contributed by atoms with Gasteiger partial charge in [0.15, 0.2) is 0 Å². The van der Waals surface area contributed by atoms with E-state index in [0.717, 1.165) is 11.6 Å². The molecule has 1 rings (SSSR count). The van der Waals surface area contributed by atoms with Gasteiger partial charge < -0.3 is 9.47 Å². The Kier molecular flexibility index (Phi) is 9.23. The molecule has 0 fully saturated rings. The van der Waals surface area contributed by atoms with Crippen LogP contribution in [0.3, 0.4) is 0 Å². The summed E-state index contributed by atoms with van der Waals surface area (Å²) in [6, 6.07) is 7.26. The van der Waals surface area contributed by atoms with Crippen LogP contribution in [-0.2, 0) is 25.6 Å². The maximum atomic E-state index is 12.4. The molecule has 1 aromatic rings. The second-order valence-electron chi connectivity index (χ2n) is 9.52. The highest BCUT2D eigenvalue weighted by Crippen LogP contribution is 2.13. The third-order valence-corrected chi connectivity index (χ3v) is 5.69. The maximum Gasteiger partial charge on any atom is 0.338 e. The normalized spacial score (nSPS) is 12.9. The fourth-order valence-corrected chi connectivity index (χ4v) is 3.20. The van der Waals surface area contributed by atoms with Gasteiger partial charge in [-0.2, -0.15) is 0 Å². The molecule has 162 valence electrons. The van der Waals surface area contributed by atoms with Crippen LogP contribution in [0.5, 0.6) is 0 Å². The van der Waals surface area contributed by atoms with Crippen LogP contribution in [0, 0.1) is 0 Å². The molecule has 6 nitrogen and oxygen atoms in total. The zero-order valence-electron chi connectivity index (χ0n) is 18.8. The number of ether oxygens (including phenoxy) is 2. The Morgan fingerprint density at radius 3 is 2.34 bits per heavy atom. The van der Waals surface area contributed by atoms with E-state index in [0.29, 0.717) is 18.7 Å². The van der Waals surface area contributed by atoms with Gasteiger partial charge in [0.1, 0.15) is 17.4 Å². The summed E-state index contributed by atoms with van der Waals surface area (Å²) in [5.41, 5.74) is 0.662. The molecule has 1 aromatic carbocycles. The van der Waals surface area contributed by atoms with Crippen LogP contribution >= 0.6 is 0 Å². The quantitative estimate of drug-likeness (QED) is 0.455. The molecule has 0 bridgehead atoms. The standard InChI is InChI=1S/C22H35NO5Si/c1-16(24)13-19(21(26)28-22(2,3)4)23-15-17-9-8-10-18(14-17)20(25)27-11-12-29(5,6)7/h8-10,14,19,23H,11-13,15H2,1-7H3/t19-/m0/s1. The lowest BCUT2D eigenvalue weighted by Gasteiger charge is -2.24. The van der Waals surface area contributed by atoms with Gasteiger partial charge in [-0.25, -0.2) is 4.79 Å². The molecule has 0 saturated heterocycles. The summed E-state index contributed by atoms with van der Waals surface area (Å²) in [5, 5.41) is 3.08. The van der Waals surface area contributed by atoms with E-state index < -0.39 is 25.7 Å². The summed E-state index contributed by atoms with van der Waals surface area (Å²) in [5.74, 6) is -0.916. The van der Waals surface area contributed by atoms with Gasteiger partial charge in [0, 0.05) is 21.0 Å². The predicted octanol–water partition coefficient (Wildman–Crippen LogP) is 3.96. The number of esters is 2. The monoisotopic (exact) mass is 421 g/mol. The Hall–Kier alpha value is -1.99. The Morgan fingerprint density at radius 2 is 1.79 bits per heavy atom. The summed E-state index contributed by atoms with van der Waals surface area (Å²) in [4.78, 5) is 36.2. The van der Waals surface area contributed by atoms with Crippen molar-refractivity contribution in [1.29, 1.82) is 0 Å². The molecule has 0 aromatic heterocycles. The first-order valence-electron chi connectivity index (χ1n) is 9.98. The number of hydrogen-bond acceptors (Lipinski definition) is 6. The fraction of sp³-hybridized carbons (Fsp3) is 0.591. The number of nitrogens with one attached hydrogen (secondary N) is 1. The minimum absolute atomic E-state index is 0.0489. The molecule has 0 saturated carbocycles. The zero-order valence-corrected chi connectivity index (χ0v) is 19.8. The Bertz CT molecular complexity index is 719. The molecule has 0 aliphatic heterocycles. The fourth-order valence-electron chi connectivity index (χ4n) is 2.48. The van der Waals surface area contributed by atoms with Crippen molar-refractivity contribution in [3.8, 4) is 0 Å². The van der Waals surface area contributed by atoms with E-state index in [1.54, 1.807) is 39.0 Å². The SMILES string of the molecule is CC(=O)C[C@H](NCc1cccc(C(=O)OCC[Si](C)(C)C)c1)C(=O)OC(C)(C)C. The van der Waals surface area contributed by atoms with E-state index in [2.05, 4.69) is 25.0 Å². The molecular formula is C22H35NO5Si. The van der Waals surface area contributed by atoms with Crippen molar-refractivity contribution in [1.82, 2.24) is 5.32 Å². The van der Waals surface area contributed by atoms with Crippen LogP contribution in [0.25, 0.3) is 0 Å². The van der Waals surface area contributed by atoms with Gasteiger partial charge in [-0.3, -0.25) is 14.9 Å². The van der Waals surface area contributed by atoms with Gasteiger partial charge >= 0.3 is 11.9 Å². The van der Waals surface area contributed by atoms with Gasteiger partial charge in [0.2, 0.25) is 0 Å². The summed E-state index contributed by atoms with van der Waals surface area (Å²) in [6.45, 7) is 14.2. The van der Waals surface area contributed by atoms with E-state index in [9.17, 15) is 14.4 Å². The Labute approximate surface area is 175 Å². The van der Waals surface area contributed by atoms with Gasteiger partial charge in [-0.1, -0.05) is 31.8 Å². The lowest BCUT2D eigenvalue weighted by molar-refractivity contribution is -0.158. The summed E-state index contributed by atoms with van der Waals surface area (Å²) < 4.78 is 10.8. The van der Waals surface area contributed by atoms with Crippen LogP contribution in [0.1, 0.15) is 50.0 Å². The third kappa shape index (κ3) is 10.9. The maximum absolute atomic E-state index is 12.4. The molecule has 0 radical (unpaired) electrons. The number of ketones is 1. The highest BCUT2D eigenvalue weighted by Gasteiger charge is 2.26. The van der Waals surface area contributed by atoms with Crippen molar-refractivity contribution in [2.75, 3.05) is 6.61 Å². The largest absolute Gasteiger partial charge is 0.462 e. The minimum atomic E-state index is -1.26. The third-order valence-electron chi connectivity index (χ3n) is 3.98. The average Bonchev–Trinajstić information content (AvgIpc) is 2.55. The molecule has 1 N–H and O–H groups in total. The van der Waals surface area contributed by atoms with Crippen molar-refractivity contribution in [3.63, 3.8) is 0 Å². The first-order valence-corrected chi connectivity index (χ1v) is 13.7. The smallest absolute Gasteiger partial charge is 0.338 e. The molecule has 1 atom stereocenters. The molecule has 0 unspecified atom stereocenters. The second-order valence-corrected chi connectivity index (χ2v) is 15.1. The predicted molar refractivity (Wildman–Crippen MR) is 117 cm³/mol. The number of carbonyl (C=O) groups is 3. The van der Waals surface area contributed by atoms with Crippen LogP contribution in [0.4, 0.5) is 0 Å². The molecule has 7 heteroatoms. The van der Waals surface area contributed by atoms with Crippen molar-refractivity contribution in [3.05, 3.63) is 35.4 Å². The van der Waals surface area contributed by atoms with E-state index in [4.69, 9.17) is 9.47 Å². The Balaban J connectivity index is 2.73. The number of hydrogen-bond donors (Lipinski definition) is 1. The number of Topliss-reactive ketones (excluding diaryl/α,β-unsaturated/α-hetero) is 1.